The van der Waals surface area contributed by atoms with Gasteiger partial charge in [-0.25, -0.2) is 8.42 Å². The zero-order valence-corrected chi connectivity index (χ0v) is 16.9. The van der Waals surface area contributed by atoms with E-state index >= 15 is 0 Å². The van der Waals surface area contributed by atoms with Gasteiger partial charge in [-0.1, -0.05) is 18.5 Å². The van der Waals surface area contributed by atoms with Gasteiger partial charge in [0, 0.05) is 18.2 Å². The second-order valence-corrected chi connectivity index (χ2v) is 7.81. The van der Waals surface area contributed by atoms with Gasteiger partial charge in [-0.15, -0.1) is 0 Å². The molecule has 8 heteroatoms. The summed E-state index contributed by atoms with van der Waals surface area (Å²) in [6.45, 7) is 5.67. The Morgan fingerprint density at radius 3 is 2.31 bits per heavy atom. The first kappa shape index (κ1) is 22.2. The van der Waals surface area contributed by atoms with E-state index in [1.165, 1.54) is 12.1 Å². The van der Waals surface area contributed by atoms with Crippen LogP contribution in [0.15, 0.2) is 28.9 Å². The van der Waals surface area contributed by atoms with Crippen LogP contribution in [0.4, 0.5) is 0 Å². The van der Waals surface area contributed by atoms with Crippen molar-refractivity contribution in [2.24, 2.45) is 0 Å². The second-order valence-electron chi connectivity index (χ2n) is 5.45. The van der Waals surface area contributed by atoms with Crippen molar-refractivity contribution in [1.82, 2.24) is 0 Å². The molecule has 0 atom stereocenters. The lowest BCUT2D eigenvalue weighted by Gasteiger charge is -2.14. The number of hydrogen-bond acceptors (Lipinski definition) is 6. The lowest BCUT2D eigenvalue weighted by atomic mass is 9.98. The number of ether oxygens (including phenoxy) is 2. The van der Waals surface area contributed by atoms with Gasteiger partial charge >= 0.3 is 0 Å². The maximum atomic E-state index is 12.8. The Kier molecular flexibility index (Phi) is 8.30. The molecule has 0 spiro atoms. The van der Waals surface area contributed by atoms with E-state index in [-0.39, 0.29) is 45.6 Å². The van der Waals surface area contributed by atoms with E-state index in [1.54, 1.807) is 13.8 Å². The van der Waals surface area contributed by atoms with E-state index in [9.17, 15) is 18.0 Å². The van der Waals surface area contributed by atoms with E-state index in [4.69, 9.17) is 21.1 Å². The van der Waals surface area contributed by atoms with Crippen molar-refractivity contribution in [3.05, 3.63) is 34.6 Å². The lowest BCUT2D eigenvalue weighted by molar-refractivity contribution is -0.115. The van der Waals surface area contributed by atoms with Crippen LogP contribution in [0, 0.1) is 0 Å². The smallest absolute Gasteiger partial charge is 0.201 e. The van der Waals surface area contributed by atoms with Gasteiger partial charge in [0.25, 0.3) is 0 Å². The van der Waals surface area contributed by atoms with Crippen molar-refractivity contribution in [1.29, 1.82) is 0 Å². The van der Waals surface area contributed by atoms with Gasteiger partial charge in [0.2, 0.25) is 5.78 Å². The molecule has 26 heavy (non-hydrogen) atoms. The van der Waals surface area contributed by atoms with E-state index in [2.05, 4.69) is 0 Å². The third-order valence-electron chi connectivity index (χ3n) is 3.38. The van der Waals surface area contributed by atoms with Crippen molar-refractivity contribution >= 4 is 33.0 Å². The highest BCUT2D eigenvalue weighted by Gasteiger charge is 2.27. The number of benzene rings is 1. The van der Waals surface area contributed by atoms with E-state index in [0.717, 1.165) is 12.5 Å². The maximum absolute atomic E-state index is 12.8. The van der Waals surface area contributed by atoms with Crippen LogP contribution in [-0.4, -0.2) is 39.5 Å². The quantitative estimate of drug-likeness (QED) is 0.195. The molecule has 0 aliphatic heterocycles. The zero-order valence-electron chi connectivity index (χ0n) is 15.3. The number of hydrogen-bond donors (Lipinski definition) is 0. The summed E-state index contributed by atoms with van der Waals surface area (Å²) >= 11 is 6.26. The summed E-state index contributed by atoms with van der Waals surface area (Å²) in [7, 11) is -3.61. The van der Waals surface area contributed by atoms with Crippen LogP contribution in [0.5, 0.6) is 5.75 Å². The minimum Gasteiger partial charge on any atom is -0.501 e. The number of Topliss-reactive ketones (excluding diaryl/α,β-unsaturated/α-hetero) is 2. The molecule has 0 aromatic heterocycles. The summed E-state index contributed by atoms with van der Waals surface area (Å²) in [4.78, 5) is 25.0. The summed E-state index contributed by atoms with van der Waals surface area (Å²) in [6, 6.07) is 2.53. The molecule has 0 aliphatic rings. The van der Waals surface area contributed by atoms with Gasteiger partial charge in [0.05, 0.1) is 24.5 Å². The molecule has 6 nitrogen and oxygen atoms in total. The van der Waals surface area contributed by atoms with Crippen molar-refractivity contribution in [2.75, 3.05) is 19.5 Å². The lowest BCUT2D eigenvalue weighted by Crippen LogP contribution is -2.15. The molecule has 0 unspecified atom stereocenters. The van der Waals surface area contributed by atoms with Crippen LogP contribution >= 0.6 is 11.6 Å². The number of allylic oxidation sites excluding steroid dienone is 1. The summed E-state index contributed by atoms with van der Waals surface area (Å²) < 4.78 is 34.3. The Morgan fingerprint density at radius 1 is 1.15 bits per heavy atom. The van der Waals surface area contributed by atoms with Crippen molar-refractivity contribution in [3.63, 3.8) is 0 Å². The van der Waals surface area contributed by atoms with E-state index < -0.39 is 15.6 Å². The first-order valence-electron chi connectivity index (χ1n) is 8.23. The topological polar surface area (TPSA) is 86.7 Å². The van der Waals surface area contributed by atoms with Gasteiger partial charge in [-0.3, -0.25) is 9.59 Å². The number of ketones is 2. The molecule has 1 aromatic carbocycles. The highest BCUT2D eigenvalue weighted by molar-refractivity contribution is 7.90. The molecule has 0 saturated carbocycles. The normalized spacial score (nSPS) is 12.0. The van der Waals surface area contributed by atoms with Crippen molar-refractivity contribution in [2.45, 2.75) is 38.5 Å². The van der Waals surface area contributed by atoms with Gasteiger partial charge in [-0.05, 0) is 32.4 Å². The van der Waals surface area contributed by atoms with E-state index in [0.29, 0.717) is 13.0 Å². The third kappa shape index (κ3) is 5.32. The van der Waals surface area contributed by atoms with Crippen LogP contribution in [0.3, 0.4) is 0 Å². The Labute approximate surface area is 159 Å². The Bertz CT molecular complexity index is 811. The third-order valence-corrected chi connectivity index (χ3v) is 4.88. The summed E-state index contributed by atoms with van der Waals surface area (Å²) in [5, 5.41) is -0.147. The molecule has 1 aromatic rings. The largest absolute Gasteiger partial charge is 0.501 e. The molecule has 0 heterocycles. The second kappa shape index (κ2) is 9.73. The molecule has 0 bridgehead atoms. The molecule has 0 fully saturated rings. The van der Waals surface area contributed by atoms with Gasteiger partial charge < -0.3 is 9.47 Å². The van der Waals surface area contributed by atoms with Crippen LogP contribution in [0.25, 0.3) is 0 Å². The van der Waals surface area contributed by atoms with Crippen LogP contribution < -0.4 is 4.74 Å². The Hall–Kier alpha value is -1.86. The molecule has 0 N–H and O–H groups in total. The molecule has 0 saturated heterocycles. The molecule has 0 radical (unpaired) electrons. The van der Waals surface area contributed by atoms with Crippen molar-refractivity contribution < 1.29 is 27.5 Å². The van der Waals surface area contributed by atoms with Gasteiger partial charge in [0.1, 0.15) is 10.5 Å². The fourth-order valence-corrected chi connectivity index (χ4v) is 3.38. The average molecular weight is 403 g/mol. The minimum atomic E-state index is -3.61. The predicted molar refractivity (Wildman–Crippen MR) is 99.7 cm³/mol. The van der Waals surface area contributed by atoms with Crippen molar-refractivity contribution in [3.8, 4) is 5.75 Å². The summed E-state index contributed by atoms with van der Waals surface area (Å²) in [5.41, 5.74) is -0.150. The zero-order chi connectivity index (χ0) is 19.9. The highest BCUT2D eigenvalue weighted by Crippen LogP contribution is 2.36. The average Bonchev–Trinajstić information content (AvgIpc) is 2.56. The van der Waals surface area contributed by atoms with Crippen LogP contribution in [0.1, 0.15) is 44.0 Å². The minimum absolute atomic E-state index is 0.0158. The van der Waals surface area contributed by atoms with Gasteiger partial charge in [-0.2, -0.15) is 0 Å². The first-order valence-corrected chi connectivity index (χ1v) is 10.5. The Morgan fingerprint density at radius 2 is 1.81 bits per heavy atom. The number of sulfone groups is 1. The number of rotatable bonds is 10. The molecular weight excluding hydrogens is 380 g/mol. The molecular formula is C18H23ClO6S. The maximum Gasteiger partial charge on any atom is 0.201 e. The fraction of sp³-hybridized carbons (Fsp3) is 0.444. The monoisotopic (exact) mass is 402 g/mol. The standard InChI is InChI=1S/C18H23ClO6S/c1-5-8-14(20)13(11-24-6-2)17(21)12-9-10-15(26(4,22)23)18(16(12)19)25-7-3/h9-11H,5-8H2,1-4H3. The SMILES string of the molecule is CCCC(=O)C(=COCC)C(=O)c1ccc(S(C)(=O)=O)c(OCC)c1Cl. The van der Waals surface area contributed by atoms with Crippen LogP contribution in [0.2, 0.25) is 5.02 Å². The number of carbonyl (C=O) groups excluding carboxylic acids is 2. The molecule has 1 rings (SSSR count). The summed E-state index contributed by atoms with van der Waals surface area (Å²) in [5.74, 6) is -1.10. The fourth-order valence-electron chi connectivity index (χ4n) is 2.20. The first-order chi connectivity index (χ1) is 12.2. The van der Waals surface area contributed by atoms with Crippen LogP contribution in [-0.2, 0) is 19.4 Å². The van der Waals surface area contributed by atoms with Gasteiger partial charge in [0.15, 0.2) is 21.4 Å². The van der Waals surface area contributed by atoms with E-state index in [1.807, 2.05) is 6.92 Å². The molecule has 0 amide bonds. The number of halogens is 1. The highest BCUT2D eigenvalue weighted by atomic mass is 35.5. The Balaban J connectivity index is 3.51. The predicted octanol–water partition coefficient (Wildman–Crippen LogP) is 3.61. The number of carbonyl (C=O) groups is 2. The molecule has 144 valence electrons. The molecule has 0 aliphatic carbocycles. The summed E-state index contributed by atoms with van der Waals surface area (Å²) in [6.07, 6.45) is 2.90.